The Balaban J connectivity index is 0.00000341. The standard InChI is InChI=1S/C23H36N4O3.HI/c1-3-25-23(27-13-7-8-17(16-27)14-21(24)28)26-15-18-9-6-12-20(29-2)22(18)30-19-10-4-5-11-19;/h6,9,12,17,19H,3-5,7-8,10-11,13-16H2,1-2H3,(H2,24,28)(H,25,26);1H. The molecule has 174 valence electrons. The van der Waals surface area contributed by atoms with Gasteiger partial charge in [-0.25, -0.2) is 4.99 Å². The molecule has 1 atom stereocenters. The highest BCUT2D eigenvalue weighted by Crippen LogP contribution is 2.35. The van der Waals surface area contributed by atoms with E-state index in [1.807, 2.05) is 12.1 Å². The van der Waals surface area contributed by atoms with Crippen molar-refractivity contribution in [2.45, 2.75) is 64.5 Å². The van der Waals surface area contributed by atoms with E-state index in [0.717, 1.165) is 68.3 Å². The van der Waals surface area contributed by atoms with Crippen LogP contribution >= 0.6 is 24.0 Å². The molecule has 2 aliphatic rings. The number of primary amides is 1. The Bertz CT molecular complexity index is 738. The molecule has 1 aliphatic heterocycles. The van der Waals surface area contributed by atoms with Gasteiger partial charge in [-0.1, -0.05) is 12.1 Å². The van der Waals surface area contributed by atoms with Gasteiger partial charge >= 0.3 is 0 Å². The second-order valence-corrected chi connectivity index (χ2v) is 8.27. The molecule has 1 saturated carbocycles. The SMILES string of the molecule is CCNC(=NCc1cccc(OC)c1OC1CCCC1)N1CCCC(CC(N)=O)C1.I. The van der Waals surface area contributed by atoms with Crippen LogP contribution in [-0.4, -0.2) is 49.6 Å². The number of carbonyl (C=O) groups excluding carboxylic acids is 1. The van der Waals surface area contributed by atoms with Gasteiger partial charge in [0.15, 0.2) is 17.5 Å². The lowest BCUT2D eigenvalue weighted by atomic mass is 9.95. The lowest BCUT2D eigenvalue weighted by Crippen LogP contribution is -2.47. The van der Waals surface area contributed by atoms with Gasteiger partial charge in [-0.3, -0.25) is 4.79 Å². The quantitative estimate of drug-likeness (QED) is 0.296. The minimum atomic E-state index is -0.228. The van der Waals surface area contributed by atoms with E-state index in [9.17, 15) is 4.79 Å². The third kappa shape index (κ3) is 7.43. The lowest BCUT2D eigenvalue weighted by molar-refractivity contribution is -0.119. The van der Waals surface area contributed by atoms with E-state index in [0.29, 0.717) is 13.0 Å². The Labute approximate surface area is 203 Å². The van der Waals surface area contributed by atoms with Crippen LogP contribution in [0.5, 0.6) is 11.5 Å². The van der Waals surface area contributed by atoms with E-state index in [1.165, 1.54) is 12.8 Å². The zero-order chi connectivity index (χ0) is 21.3. The number of methoxy groups -OCH3 is 1. The second-order valence-electron chi connectivity index (χ2n) is 8.27. The first-order valence-electron chi connectivity index (χ1n) is 11.2. The largest absolute Gasteiger partial charge is 0.493 e. The molecule has 0 aromatic heterocycles. The minimum absolute atomic E-state index is 0. The van der Waals surface area contributed by atoms with Crippen LogP contribution in [0.15, 0.2) is 23.2 Å². The van der Waals surface area contributed by atoms with Crippen LogP contribution in [0.25, 0.3) is 0 Å². The summed E-state index contributed by atoms with van der Waals surface area (Å²) in [6.07, 6.45) is 7.40. The van der Waals surface area contributed by atoms with E-state index in [-0.39, 0.29) is 41.9 Å². The number of nitrogens with one attached hydrogen (secondary N) is 1. The van der Waals surface area contributed by atoms with Crippen LogP contribution in [0.4, 0.5) is 0 Å². The van der Waals surface area contributed by atoms with Crippen LogP contribution in [0, 0.1) is 5.92 Å². The molecule has 3 rings (SSSR count). The number of carbonyl (C=O) groups is 1. The number of benzene rings is 1. The molecular formula is C23H37IN4O3. The predicted molar refractivity (Wildman–Crippen MR) is 134 cm³/mol. The molecule has 1 heterocycles. The fraction of sp³-hybridized carbons (Fsp3) is 0.652. The number of amides is 1. The van der Waals surface area contributed by atoms with Crippen molar-refractivity contribution >= 4 is 35.8 Å². The summed E-state index contributed by atoms with van der Waals surface area (Å²) in [5, 5.41) is 3.41. The lowest BCUT2D eigenvalue weighted by Gasteiger charge is -2.34. The van der Waals surface area contributed by atoms with Crippen molar-refractivity contribution in [3.05, 3.63) is 23.8 Å². The molecule has 1 amide bonds. The fourth-order valence-corrected chi connectivity index (χ4v) is 4.45. The number of piperidine rings is 1. The maximum Gasteiger partial charge on any atom is 0.217 e. The summed E-state index contributed by atoms with van der Waals surface area (Å²) in [5.74, 6) is 2.52. The van der Waals surface area contributed by atoms with Crippen molar-refractivity contribution in [3.8, 4) is 11.5 Å². The Hall–Kier alpha value is -1.71. The number of para-hydroxylation sites is 1. The number of halogens is 1. The first-order valence-corrected chi connectivity index (χ1v) is 11.2. The Kier molecular flexibility index (Phi) is 10.7. The molecule has 3 N–H and O–H groups in total. The number of rotatable bonds is 8. The molecule has 1 aromatic rings. The summed E-state index contributed by atoms with van der Waals surface area (Å²) < 4.78 is 11.9. The first-order chi connectivity index (χ1) is 14.6. The maximum absolute atomic E-state index is 11.4. The zero-order valence-electron chi connectivity index (χ0n) is 18.8. The van der Waals surface area contributed by atoms with Crippen molar-refractivity contribution < 1.29 is 14.3 Å². The maximum atomic E-state index is 11.4. The predicted octanol–water partition coefficient (Wildman–Crippen LogP) is 3.69. The number of nitrogens with zero attached hydrogens (tertiary/aromatic N) is 2. The smallest absolute Gasteiger partial charge is 0.217 e. The summed E-state index contributed by atoms with van der Waals surface area (Å²) >= 11 is 0. The third-order valence-electron chi connectivity index (χ3n) is 5.91. The molecule has 0 bridgehead atoms. The Morgan fingerprint density at radius 1 is 1.26 bits per heavy atom. The highest BCUT2D eigenvalue weighted by molar-refractivity contribution is 14.0. The van der Waals surface area contributed by atoms with Gasteiger partial charge in [0, 0.05) is 31.6 Å². The van der Waals surface area contributed by atoms with Crippen molar-refractivity contribution in [1.29, 1.82) is 0 Å². The van der Waals surface area contributed by atoms with Gasteiger partial charge in [-0.15, -0.1) is 24.0 Å². The van der Waals surface area contributed by atoms with Gasteiger partial charge in [0.05, 0.1) is 19.8 Å². The molecule has 1 aliphatic carbocycles. The van der Waals surface area contributed by atoms with Crippen molar-refractivity contribution in [1.82, 2.24) is 10.2 Å². The number of guanidine groups is 1. The van der Waals surface area contributed by atoms with E-state index >= 15 is 0 Å². The van der Waals surface area contributed by atoms with E-state index < -0.39 is 0 Å². The van der Waals surface area contributed by atoms with Crippen molar-refractivity contribution in [2.24, 2.45) is 16.6 Å². The average molecular weight is 544 g/mol. The van der Waals surface area contributed by atoms with Crippen LogP contribution in [-0.2, 0) is 11.3 Å². The van der Waals surface area contributed by atoms with Gasteiger partial charge in [-0.05, 0) is 57.4 Å². The number of nitrogens with two attached hydrogens (primary N) is 1. The summed E-state index contributed by atoms with van der Waals surface area (Å²) in [6.45, 7) is 5.11. The zero-order valence-corrected chi connectivity index (χ0v) is 21.1. The number of hydrogen-bond acceptors (Lipinski definition) is 4. The average Bonchev–Trinajstić information content (AvgIpc) is 3.25. The van der Waals surface area contributed by atoms with Crippen LogP contribution in [0.2, 0.25) is 0 Å². The normalized spacial score (nSPS) is 19.6. The molecule has 1 saturated heterocycles. The Morgan fingerprint density at radius 2 is 2.03 bits per heavy atom. The van der Waals surface area contributed by atoms with Crippen molar-refractivity contribution in [3.63, 3.8) is 0 Å². The van der Waals surface area contributed by atoms with Gasteiger partial charge in [0.1, 0.15) is 0 Å². The summed E-state index contributed by atoms with van der Waals surface area (Å²) in [4.78, 5) is 18.5. The van der Waals surface area contributed by atoms with E-state index in [2.05, 4.69) is 23.2 Å². The highest BCUT2D eigenvalue weighted by atomic mass is 127. The summed E-state index contributed by atoms with van der Waals surface area (Å²) in [6, 6.07) is 6.00. The molecule has 0 spiro atoms. The molecular weight excluding hydrogens is 507 g/mol. The first kappa shape index (κ1) is 25.5. The van der Waals surface area contributed by atoms with Gasteiger partial charge in [0.2, 0.25) is 5.91 Å². The molecule has 1 unspecified atom stereocenters. The van der Waals surface area contributed by atoms with E-state index in [4.69, 9.17) is 20.2 Å². The van der Waals surface area contributed by atoms with Gasteiger partial charge in [0.25, 0.3) is 0 Å². The monoisotopic (exact) mass is 544 g/mol. The minimum Gasteiger partial charge on any atom is -0.493 e. The molecule has 1 aromatic carbocycles. The number of ether oxygens (including phenoxy) is 2. The molecule has 31 heavy (non-hydrogen) atoms. The van der Waals surface area contributed by atoms with Gasteiger partial charge < -0.3 is 25.4 Å². The van der Waals surface area contributed by atoms with Crippen LogP contribution in [0.3, 0.4) is 0 Å². The number of likely N-dealkylation sites (tertiary alicyclic amines) is 1. The van der Waals surface area contributed by atoms with Crippen molar-refractivity contribution in [2.75, 3.05) is 26.7 Å². The van der Waals surface area contributed by atoms with Crippen LogP contribution < -0.4 is 20.5 Å². The fourth-order valence-electron chi connectivity index (χ4n) is 4.45. The second kappa shape index (κ2) is 13.0. The molecule has 0 radical (unpaired) electrons. The highest BCUT2D eigenvalue weighted by Gasteiger charge is 2.24. The van der Waals surface area contributed by atoms with E-state index in [1.54, 1.807) is 7.11 Å². The summed E-state index contributed by atoms with van der Waals surface area (Å²) in [7, 11) is 1.68. The molecule has 2 fully saturated rings. The molecule has 7 nitrogen and oxygen atoms in total. The third-order valence-corrected chi connectivity index (χ3v) is 5.91. The summed E-state index contributed by atoms with van der Waals surface area (Å²) in [5.41, 5.74) is 6.45. The van der Waals surface area contributed by atoms with Gasteiger partial charge in [-0.2, -0.15) is 0 Å². The number of aliphatic imine (C=N–C) groups is 1. The van der Waals surface area contributed by atoms with Crippen LogP contribution in [0.1, 0.15) is 57.4 Å². The topological polar surface area (TPSA) is 89.2 Å². The Morgan fingerprint density at radius 3 is 2.71 bits per heavy atom. The molecule has 8 heteroatoms. The number of hydrogen-bond donors (Lipinski definition) is 2.